The largest absolute Gasteiger partial charge is 0.480 e. The number of carbonyl (C=O) groups is 2. The molecule has 1 unspecified atom stereocenters. The van der Waals surface area contributed by atoms with Gasteiger partial charge in [0.15, 0.2) is 0 Å². The standard InChI is InChI=1S/C16H22N6O3/c1-12(16(24)25)22-4-3-14(18-22)15(23)21-7-5-20(6-8-21)11-13-9-17-19(2)10-13/h3-4,9-10,12H,5-8,11H2,1-2H3,(H,24,25). The first kappa shape index (κ1) is 17.2. The van der Waals surface area contributed by atoms with Crippen LogP contribution in [0.3, 0.4) is 0 Å². The highest BCUT2D eigenvalue weighted by Crippen LogP contribution is 2.12. The topological polar surface area (TPSA) is 96.5 Å². The minimum absolute atomic E-state index is 0.155. The zero-order chi connectivity index (χ0) is 18.0. The van der Waals surface area contributed by atoms with E-state index in [0.717, 1.165) is 25.2 Å². The molecule has 0 aromatic carbocycles. The maximum atomic E-state index is 12.5. The summed E-state index contributed by atoms with van der Waals surface area (Å²) < 4.78 is 3.08. The van der Waals surface area contributed by atoms with E-state index in [9.17, 15) is 9.59 Å². The highest BCUT2D eigenvalue weighted by atomic mass is 16.4. The fraction of sp³-hybridized carbons (Fsp3) is 0.500. The lowest BCUT2D eigenvalue weighted by Gasteiger charge is -2.34. The third kappa shape index (κ3) is 3.87. The Hall–Kier alpha value is -2.68. The van der Waals surface area contributed by atoms with Gasteiger partial charge in [0.2, 0.25) is 0 Å². The number of amides is 1. The molecule has 134 valence electrons. The van der Waals surface area contributed by atoms with Crippen LogP contribution in [0.4, 0.5) is 0 Å². The van der Waals surface area contributed by atoms with E-state index in [-0.39, 0.29) is 11.6 Å². The van der Waals surface area contributed by atoms with Gasteiger partial charge in [0.1, 0.15) is 11.7 Å². The number of hydrogen-bond acceptors (Lipinski definition) is 5. The molecule has 25 heavy (non-hydrogen) atoms. The van der Waals surface area contributed by atoms with Crippen molar-refractivity contribution in [2.75, 3.05) is 26.2 Å². The number of carboxylic acids is 1. The van der Waals surface area contributed by atoms with E-state index in [0.29, 0.717) is 13.1 Å². The van der Waals surface area contributed by atoms with Gasteiger partial charge in [-0.25, -0.2) is 4.79 Å². The number of rotatable bonds is 5. The maximum absolute atomic E-state index is 12.5. The zero-order valence-corrected chi connectivity index (χ0v) is 14.4. The number of carboxylic acid groups (broad SMARTS) is 1. The second-order valence-corrected chi connectivity index (χ2v) is 6.29. The molecule has 1 aliphatic rings. The summed E-state index contributed by atoms with van der Waals surface area (Å²) in [6.07, 6.45) is 5.38. The number of aryl methyl sites for hydroxylation is 1. The first-order chi connectivity index (χ1) is 11.9. The molecule has 9 heteroatoms. The number of nitrogens with zero attached hydrogens (tertiary/aromatic N) is 6. The molecule has 0 spiro atoms. The predicted molar refractivity (Wildman–Crippen MR) is 89.0 cm³/mol. The molecule has 0 saturated carbocycles. The minimum atomic E-state index is -0.980. The summed E-state index contributed by atoms with van der Waals surface area (Å²) in [6, 6.07) is 0.780. The van der Waals surface area contributed by atoms with Crippen LogP contribution in [0, 0.1) is 0 Å². The molecule has 2 aromatic heterocycles. The fourth-order valence-corrected chi connectivity index (χ4v) is 2.86. The molecular formula is C16H22N6O3. The number of aromatic nitrogens is 4. The molecule has 3 heterocycles. The number of piperazine rings is 1. The van der Waals surface area contributed by atoms with Crippen molar-refractivity contribution in [3.8, 4) is 0 Å². The van der Waals surface area contributed by atoms with Crippen LogP contribution in [0.1, 0.15) is 29.0 Å². The molecule has 0 aliphatic carbocycles. The first-order valence-electron chi connectivity index (χ1n) is 8.21. The summed E-state index contributed by atoms with van der Waals surface area (Å²) in [5, 5.41) is 17.3. The van der Waals surface area contributed by atoms with Gasteiger partial charge in [-0.2, -0.15) is 10.2 Å². The molecule has 1 saturated heterocycles. The van der Waals surface area contributed by atoms with Gasteiger partial charge in [-0.1, -0.05) is 0 Å². The summed E-state index contributed by atoms with van der Waals surface area (Å²) in [5.74, 6) is -1.14. The molecule has 1 atom stereocenters. The third-order valence-corrected chi connectivity index (χ3v) is 4.41. The summed E-state index contributed by atoms with van der Waals surface area (Å²) >= 11 is 0. The smallest absolute Gasteiger partial charge is 0.328 e. The lowest BCUT2D eigenvalue weighted by molar-refractivity contribution is -0.140. The van der Waals surface area contributed by atoms with Crippen molar-refractivity contribution in [1.82, 2.24) is 29.4 Å². The van der Waals surface area contributed by atoms with Gasteiger partial charge in [0, 0.05) is 57.7 Å². The van der Waals surface area contributed by atoms with E-state index in [1.54, 1.807) is 15.6 Å². The summed E-state index contributed by atoms with van der Waals surface area (Å²) in [7, 11) is 1.89. The van der Waals surface area contributed by atoms with E-state index >= 15 is 0 Å². The van der Waals surface area contributed by atoms with Crippen LogP contribution in [0.25, 0.3) is 0 Å². The second kappa shape index (κ2) is 7.06. The van der Waals surface area contributed by atoms with E-state index in [1.165, 1.54) is 17.8 Å². The second-order valence-electron chi connectivity index (χ2n) is 6.29. The van der Waals surface area contributed by atoms with Gasteiger partial charge in [-0.05, 0) is 13.0 Å². The van der Waals surface area contributed by atoms with Gasteiger partial charge < -0.3 is 10.0 Å². The van der Waals surface area contributed by atoms with E-state index < -0.39 is 12.0 Å². The highest BCUT2D eigenvalue weighted by Gasteiger charge is 2.25. The van der Waals surface area contributed by atoms with Crippen LogP contribution in [-0.4, -0.2) is 72.5 Å². The van der Waals surface area contributed by atoms with Crippen molar-refractivity contribution >= 4 is 11.9 Å². The van der Waals surface area contributed by atoms with Gasteiger partial charge in [-0.3, -0.25) is 19.1 Å². The van der Waals surface area contributed by atoms with E-state index in [1.807, 2.05) is 19.4 Å². The Bertz CT molecular complexity index is 760. The van der Waals surface area contributed by atoms with E-state index in [2.05, 4.69) is 15.1 Å². The average molecular weight is 346 g/mol. The Kier molecular flexibility index (Phi) is 4.84. The van der Waals surface area contributed by atoms with Gasteiger partial charge in [0.25, 0.3) is 5.91 Å². The molecule has 0 bridgehead atoms. The average Bonchev–Trinajstić information content (AvgIpc) is 3.23. The van der Waals surface area contributed by atoms with Crippen molar-refractivity contribution < 1.29 is 14.7 Å². The minimum Gasteiger partial charge on any atom is -0.480 e. The normalized spacial score (nSPS) is 16.8. The molecule has 1 fully saturated rings. The maximum Gasteiger partial charge on any atom is 0.328 e. The first-order valence-corrected chi connectivity index (χ1v) is 8.21. The molecule has 2 aromatic rings. The van der Waals surface area contributed by atoms with Crippen LogP contribution in [-0.2, 0) is 18.4 Å². The predicted octanol–water partition coefficient (Wildman–Crippen LogP) is 0.220. The van der Waals surface area contributed by atoms with Gasteiger partial charge >= 0.3 is 5.97 Å². The SMILES string of the molecule is CC(C(=O)O)n1ccc(C(=O)N2CCN(Cc3cnn(C)c3)CC2)n1. The summed E-state index contributed by atoms with van der Waals surface area (Å²) in [4.78, 5) is 27.6. The molecule has 1 aliphatic heterocycles. The molecule has 3 rings (SSSR count). The molecule has 0 radical (unpaired) electrons. The Morgan fingerprint density at radius 3 is 2.60 bits per heavy atom. The van der Waals surface area contributed by atoms with Crippen molar-refractivity contribution in [3.05, 3.63) is 35.9 Å². The van der Waals surface area contributed by atoms with Gasteiger partial charge in [0.05, 0.1) is 6.20 Å². The zero-order valence-electron chi connectivity index (χ0n) is 14.4. The molecule has 9 nitrogen and oxygen atoms in total. The Morgan fingerprint density at radius 1 is 1.28 bits per heavy atom. The van der Waals surface area contributed by atoms with Crippen LogP contribution in [0.15, 0.2) is 24.7 Å². The van der Waals surface area contributed by atoms with Crippen LogP contribution >= 0.6 is 0 Å². The van der Waals surface area contributed by atoms with Crippen molar-refractivity contribution in [1.29, 1.82) is 0 Å². The quantitative estimate of drug-likeness (QED) is 0.832. The van der Waals surface area contributed by atoms with Crippen molar-refractivity contribution in [3.63, 3.8) is 0 Å². The van der Waals surface area contributed by atoms with Crippen molar-refractivity contribution in [2.45, 2.75) is 19.5 Å². The monoisotopic (exact) mass is 346 g/mol. The number of aliphatic carboxylic acids is 1. The molecule has 1 amide bonds. The van der Waals surface area contributed by atoms with Crippen molar-refractivity contribution in [2.24, 2.45) is 7.05 Å². The van der Waals surface area contributed by atoms with Crippen LogP contribution in [0.2, 0.25) is 0 Å². The Balaban J connectivity index is 1.55. The van der Waals surface area contributed by atoms with Gasteiger partial charge in [-0.15, -0.1) is 0 Å². The molecule has 1 N–H and O–H groups in total. The lowest BCUT2D eigenvalue weighted by atomic mass is 10.2. The van der Waals surface area contributed by atoms with Crippen LogP contribution < -0.4 is 0 Å². The van der Waals surface area contributed by atoms with E-state index in [4.69, 9.17) is 5.11 Å². The Morgan fingerprint density at radius 2 is 2.00 bits per heavy atom. The number of hydrogen-bond donors (Lipinski definition) is 1. The summed E-state index contributed by atoms with van der Waals surface area (Å²) in [6.45, 7) is 5.17. The van der Waals surface area contributed by atoms with Crippen LogP contribution in [0.5, 0.6) is 0 Å². The fourth-order valence-electron chi connectivity index (χ4n) is 2.86. The molecular weight excluding hydrogens is 324 g/mol. The summed E-state index contributed by atoms with van der Waals surface area (Å²) in [5.41, 5.74) is 1.44. The highest BCUT2D eigenvalue weighted by molar-refractivity contribution is 5.92. The lowest BCUT2D eigenvalue weighted by Crippen LogP contribution is -2.48. The number of carbonyl (C=O) groups excluding carboxylic acids is 1. The Labute approximate surface area is 145 Å². The third-order valence-electron chi connectivity index (χ3n) is 4.41.